The van der Waals surface area contributed by atoms with Gasteiger partial charge in [-0.25, -0.2) is 0 Å². The third-order valence-electron chi connectivity index (χ3n) is 4.36. The molecule has 2 amide bonds. The highest BCUT2D eigenvalue weighted by Crippen LogP contribution is 2.36. The minimum Gasteiger partial charge on any atom is -0.479 e. The first kappa shape index (κ1) is 18.7. The first-order valence-corrected chi connectivity index (χ1v) is 9.04. The Bertz CT molecular complexity index is 861. The van der Waals surface area contributed by atoms with Crippen LogP contribution < -0.4 is 15.0 Å². The molecule has 5 heteroatoms. The normalized spacial score (nSPS) is 15.7. The fourth-order valence-electron chi connectivity index (χ4n) is 3.04. The second-order valence-corrected chi connectivity index (χ2v) is 6.86. The summed E-state index contributed by atoms with van der Waals surface area (Å²) in [4.78, 5) is 26.4. The van der Waals surface area contributed by atoms with Crippen LogP contribution in [0.5, 0.6) is 5.75 Å². The highest BCUT2D eigenvalue weighted by atomic mass is 16.5. The van der Waals surface area contributed by atoms with Crippen molar-refractivity contribution in [1.29, 1.82) is 0 Å². The second-order valence-electron chi connectivity index (χ2n) is 6.86. The molecule has 1 aliphatic heterocycles. The molecule has 1 atom stereocenters. The summed E-state index contributed by atoms with van der Waals surface area (Å²) in [5, 5.41) is 2.91. The van der Waals surface area contributed by atoms with Crippen LogP contribution in [0.1, 0.15) is 25.8 Å². The maximum Gasteiger partial charge on any atom is 0.268 e. The van der Waals surface area contributed by atoms with E-state index < -0.39 is 6.10 Å². The van der Waals surface area contributed by atoms with E-state index in [1.54, 1.807) is 30.0 Å². The smallest absolute Gasteiger partial charge is 0.268 e. The SMILES string of the molecule is C=C(C)CN1C(=O)C(C)Oc2ccc(NC(=O)CCc3ccccc3)cc21. The predicted molar refractivity (Wildman–Crippen MR) is 107 cm³/mol. The Labute approximate surface area is 159 Å². The van der Waals surface area contributed by atoms with Crippen LogP contribution in [0, 0.1) is 0 Å². The number of benzene rings is 2. The average molecular weight is 364 g/mol. The van der Waals surface area contributed by atoms with E-state index in [0.29, 0.717) is 36.5 Å². The van der Waals surface area contributed by atoms with Gasteiger partial charge in [0.2, 0.25) is 5.91 Å². The molecule has 0 fully saturated rings. The van der Waals surface area contributed by atoms with E-state index in [-0.39, 0.29) is 11.8 Å². The Morgan fingerprint density at radius 3 is 2.67 bits per heavy atom. The lowest BCUT2D eigenvalue weighted by Gasteiger charge is -2.33. The third kappa shape index (κ3) is 4.56. The van der Waals surface area contributed by atoms with E-state index in [4.69, 9.17) is 4.74 Å². The molecule has 0 aromatic heterocycles. The Balaban J connectivity index is 1.72. The molecule has 0 saturated heterocycles. The summed E-state index contributed by atoms with van der Waals surface area (Å²) in [5.74, 6) is 0.449. The third-order valence-corrected chi connectivity index (χ3v) is 4.36. The van der Waals surface area contributed by atoms with Gasteiger partial charge in [0.1, 0.15) is 5.75 Å². The van der Waals surface area contributed by atoms with Crippen molar-refractivity contribution in [3.63, 3.8) is 0 Å². The number of nitrogens with one attached hydrogen (secondary N) is 1. The summed E-state index contributed by atoms with van der Waals surface area (Å²) >= 11 is 0. The van der Waals surface area contributed by atoms with Crippen molar-refractivity contribution in [3.8, 4) is 5.75 Å². The number of carbonyl (C=O) groups excluding carboxylic acids is 2. The van der Waals surface area contributed by atoms with Gasteiger partial charge >= 0.3 is 0 Å². The number of nitrogens with zero attached hydrogens (tertiary/aromatic N) is 1. The Morgan fingerprint density at radius 2 is 1.96 bits per heavy atom. The summed E-state index contributed by atoms with van der Waals surface area (Å²) in [7, 11) is 0. The molecule has 1 aliphatic rings. The number of hydrogen-bond acceptors (Lipinski definition) is 3. The van der Waals surface area contributed by atoms with Gasteiger partial charge < -0.3 is 15.0 Å². The van der Waals surface area contributed by atoms with E-state index in [0.717, 1.165) is 11.1 Å². The summed E-state index contributed by atoms with van der Waals surface area (Å²) in [6.45, 7) is 7.93. The molecule has 1 N–H and O–H groups in total. The molecule has 5 nitrogen and oxygen atoms in total. The van der Waals surface area contributed by atoms with Crippen LogP contribution in [0.15, 0.2) is 60.7 Å². The van der Waals surface area contributed by atoms with E-state index in [1.807, 2.05) is 37.3 Å². The van der Waals surface area contributed by atoms with Crippen molar-refractivity contribution in [2.45, 2.75) is 32.8 Å². The lowest BCUT2D eigenvalue weighted by Crippen LogP contribution is -2.45. The van der Waals surface area contributed by atoms with E-state index in [1.165, 1.54) is 0 Å². The number of carbonyl (C=O) groups is 2. The van der Waals surface area contributed by atoms with Crippen molar-refractivity contribution in [1.82, 2.24) is 0 Å². The molecule has 0 radical (unpaired) electrons. The lowest BCUT2D eigenvalue weighted by atomic mass is 10.1. The van der Waals surface area contributed by atoms with Crippen molar-refractivity contribution >= 4 is 23.2 Å². The van der Waals surface area contributed by atoms with E-state index in [9.17, 15) is 9.59 Å². The fourth-order valence-corrected chi connectivity index (χ4v) is 3.04. The number of hydrogen-bond donors (Lipinski definition) is 1. The Kier molecular flexibility index (Phi) is 5.60. The van der Waals surface area contributed by atoms with Crippen LogP contribution >= 0.6 is 0 Å². The summed E-state index contributed by atoms with van der Waals surface area (Å²) in [5.41, 5.74) is 3.30. The maximum atomic E-state index is 12.5. The quantitative estimate of drug-likeness (QED) is 0.790. The van der Waals surface area contributed by atoms with Crippen molar-refractivity contribution < 1.29 is 14.3 Å². The van der Waals surface area contributed by atoms with Crippen LogP contribution in [-0.2, 0) is 16.0 Å². The van der Waals surface area contributed by atoms with Gasteiger partial charge in [-0.15, -0.1) is 0 Å². The highest BCUT2D eigenvalue weighted by Gasteiger charge is 2.31. The zero-order chi connectivity index (χ0) is 19.4. The molecule has 0 saturated carbocycles. The number of ether oxygens (including phenoxy) is 1. The van der Waals surface area contributed by atoms with Crippen LogP contribution in [0.3, 0.4) is 0 Å². The van der Waals surface area contributed by atoms with Crippen LogP contribution in [0.2, 0.25) is 0 Å². The molecule has 27 heavy (non-hydrogen) atoms. The molecule has 140 valence electrons. The molecule has 2 aromatic carbocycles. The molecular formula is C22H24N2O3. The Morgan fingerprint density at radius 1 is 1.22 bits per heavy atom. The van der Waals surface area contributed by atoms with Crippen molar-refractivity contribution in [3.05, 3.63) is 66.2 Å². The molecule has 0 aliphatic carbocycles. The van der Waals surface area contributed by atoms with Crippen LogP contribution in [0.25, 0.3) is 0 Å². The summed E-state index contributed by atoms with van der Waals surface area (Å²) in [6.07, 6.45) is 0.532. The highest BCUT2D eigenvalue weighted by molar-refractivity contribution is 6.01. The molecule has 1 unspecified atom stereocenters. The first-order chi connectivity index (χ1) is 12.9. The van der Waals surface area contributed by atoms with Gasteiger partial charge in [-0.3, -0.25) is 9.59 Å². The number of fused-ring (bicyclic) bond motifs is 1. The molecule has 2 aromatic rings. The average Bonchev–Trinajstić information content (AvgIpc) is 2.65. The zero-order valence-electron chi connectivity index (χ0n) is 15.7. The fraction of sp³-hybridized carbons (Fsp3) is 0.273. The van der Waals surface area contributed by atoms with Gasteiger partial charge in [0.15, 0.2) is 6.10 Å². The maximum absolute atomic E-state index is 12.5. The molecule has 1 heterocycles. The minimum absolute atomic E-state index is 0.0679. The van der Waals surface area contributed by atoms with Gasteiger partial charge in [-0.1, -0.05) is 42.5 Å². The topological polar surface area (TPSA) is 58.6 Å². The lowest BCUT2D eigenvalue weighted by molar-refractivity contribution is -0.125. The molecule has 0 spiro atoms. The minimum atomic E-state index is -0.539. The number of aryl methyl sites for hydroxylation is 1. The van der Waals surface area contributed by atoms with Gasteiger partial charge in [0.25, 0.3) is 5.91 Å². The zero-order valence-corrected chi connectivity index (χ0v) is 15.7. The standard InChI is InChI=1S/C22H24N2O3/c1-15(2)14-24-19-13-18(10-11-20(19)27-16(3)22(24)26)23-21(25)12-9-17-7-5-4-6-8-17/h4-8,10-11,13,16H,1,9,12,14H2,2-3H3,(H,23,25). The summed E-state index contributed by atoms with van der Waals surface area (Å²) in [6, 6.07) is 15.3. The molecular weight excluding hydrogens is 340 g/mol. The first-order valence-electron chi connectivity index (χ1n) is 9.04. The largest absolute Gasteiger partial charge is 0.479 e. The van der Waals surface area contributed by atoms with Gasteiger partial charge in [0.05, 0.1) is 5.69 Å². The summed E-state index contributed by atoms with van der Waals surface area (Å²) < 4.78 is 5.69. The van der Waals surface area contributed by atoms with Crippen LogP contribution in [0.4, 0.5) is 11.4 Å². The monoisotopic (exact) mass is 364 g/mol. The van der Waals surface area contributed by atoms with Crippen LogP contribution in [-0.4, -0.2) is 24.5 Å². The van der Waals surface area contributed by atoms with Gasteiger partial charge in [-0.2, -0.15) is 0 Å². The van der Waals surface area contributed by atoms with Crippen molar-refractivity contribution in [2.75, 3.05) is 16.8 Å². The van der Waals surface area contributed by atoms with E-state index in [2.05, 4.69) is 11.9 Å². The number of anilines is 2. The predicted octanol–water partition coefficient (Wildman–Crippen LogP) is 3.95. The Hall–Kier alpha value is -3.08. The number of rotatable bonds is 6. The van der Waals surface area contributed by atoms with E-state index >= 15 is 0 Å². The van der Waals surface area contributed by atoms with Gasteiger partial charge in [-0.05, 0) is 44.0 Å². The second kappa shape index (κ2) is 8.08. The van der Waals surface area contributed by atoms with Gasteiger partial charge in [0, 0.05) is 18.7 Å². The molecule has 0 bridgehead atoms. The number of amides is 2. The van der Waals surface area contributed by atoms with Crippen molar-refractivity contribution in [2.24, 2.45) is 0 Å². The molecule has 3 rings (SSSR count).